The summed E-state index contributed by atoms with van der Waals surface area (Å²) in [5.41, 5.74) is 0.0655. The highest BCUT2D eigenvalue weighted by atomic mass is 19.1. The fraction of sp³-hybridized carbons (Fsp3) is 0.533. The minimum atomic E-state index is -0.431. The molecule has 0 aromatic heterocycles. The SMILES string of the molecule is CC1(CO)CCCN(CC(=O)Nc2ccccc2F)C1. The van der Waals surface area contributed by atoms with Gasteiger partial charge in [-0.05, 0) is 31.5 Å². The smallest absolute Gasteiger partial charge is 0.238 e. The maximum atomic E-state index is 13.4. The molecule has 5 heteroatoms. The van der Waals surface area contributed by atoms with Crippen molar-refractivity contribution < 1.29 is 14.3 Å². The number of amides is 1. The number of halogens is 1. The van der Waals surface area contributed by atoms with Gasteiger partial charge in [-0.25, -0.2) is 4.39 Å². The highest BCUT2D eigenvalue weighted by molar-refractivity contribution is 5.92. The van der Waals surface area contributed by atoms with Gasteiger partial charge >= 0.3 is 0 Å². The third-order valence-corrected chi connectivity index (χ3v) is 3.76. The van der Waals surface area contributed by atoms with Gasteiger partial charge in [0.15, 0.2) is 0 Å². The summed E-state index contributed by atoms with van der Waals surface area (Å²) in [5.74, 6) is -0.656. The van der Waals surface area contributed by atoms with E-state index in [0.29, 0.717) is 6.54 Å². The van der Waals surface area contributed by atoms with Crippen molar-refractivity contribution in [3.05, 3.63) is 30.1 Å². The summed E-state index contributed by atoms with van der Waals surface area (Å²) >= 11 is 0. The molecule has 0 saturated carbocycles. The van der Waals surface area contributed by atoms with Gasteiger partial charge in [0.05, 0.1) is 12.2 Å². The summed E-state index contributed by atoms with van der Waals surface area (Å²) in [7, 11) is 0. The number of anilines is 1. The van der Waals surface area contributed by atoms with Gasteiger partial charge in [0.25, 0.3) is 0 Å². The zero-order valence-electron chi connectivity index (χ0n) is 11.7. The van der Waals surface area contributed by atoms with Gasteiger partial charge < -0.3 is 10.4 Å². The third-order valence-electron chi connectivity index (χ3n) is 3.76. The topological polar surface area (TPSA) is 52.6 Å². The lowest BCUT2D eigenvalue weighted by Crippen LogP contribution is -2.46. The molecule has 1 aliphatic heterocycles. The summed E-state index contributed by atoms with van der Waals surface area (Å²) in [6.07, 6.45) is 1.93. The van der Waals surface area contributed by atoms with E-state index in [1.54, 1.807) is 18.2 Å². The molecule has 1 heterocycles. The van der Waals surface area contributed by atoms with E-state index in [-0.39, 0.29) is 30.2 Å². The van der Waals surface area contributed by atoms with Crippen LogP contribution in [0.1, 0.15) is 19.8 Å². The van der Waals surface area contributed by atoms with E-state index in [9.17, 15) is 14.3 Å². The second kappa shape index (κ2) is 6.33. The van der Waals surface area contributed by atoms with Crippen molar-refractivity contribution >= 4 is 11.6 Å². The normalized spacial score (nSPS) is 23.6. The first-order valence-electron chi connectivity index (χ1n) is 6.90. The number of aliphatic hydroxyl groups is 1. The fourth-order valence-corrected chi connectivity index (χ4v) is 2.65. The minimum Gasteiger partial charge on any atom is -0.396 e. The van der Waals surface area contributed by atoms with Crippen LogP contribution in [0.2, 0.25) is 0 Å². The summed E-state index contributed by atoms with van der Waals surface area (Å²) in [4.78, 5) is 14.0. The monoisotopic (exact) mass is 280 g/mol. The lowest BCUT2D eigenvalue weighted by Gasteiger charge is -2.38. The van der Waals surface area contributed by atoms with Crippen LogP contribution in [0.25, 0.3) is 0 Å². The number of hydrogen-bond acceptors (Lipinski definition) is 3. The first-order chi connectivity index (χ1) is 9.52. The number of carbonyl (C=O) groups excluding carboxylic acids is 1. The number of piperidine rings is 1. The zero-order chi connectivity index (χ0) is 14.6. The Morgan fingerprint density at radius 2 is 2.25 bits per heavy atom. The number of aliphatic hydroxyl groups excluding tert-OH is 1. The van der Waals surface area contributed by atoms with Gasteiger partial charge in [-0.2, -0.15) is 0 Å². The molecule has 1 aromatic rings. The lowest BCUT2D eigenvalue weighted by atomic mass is 9.83. The number of carbonyl (C=O) groups is 1. The maximum Gasteiger partial charge on any atom is 0.238 e. The highest BCUT2D eigenvalue weighted by Gasteiger charge is 2.31. The molecule has 0 radical (unpaired) electrons. The number of likely N-dealkylation sites (tertiary alicyclic amines) is 1. The average molecular weight is 280 g/mol. The molecule has 110 valence electrons. The van der Waals surface area contributed by atoms with E-state index in [1.165, 1.54) is 6.07 Å². The molecule has 4 nitrogen and oxygen atoms in total. The molecular weight excluding hydrogens is 259 g/mol. The van der Waals surface area contributed by atoms with Crippen LogP contribution in [0, 0.1) is 11.2 Å². The quantitative estimate of drug-likeness (QED) is 0.885. The Labute approximate surface area is 118 Å². The van der Waals surface area contributed by atoms with Gasteiger partial charge in [-0.15, -0.1) is 0 Å². The molecule has 2 rings (SSSR count). The van der Waals surface area contributed by atoms with Gasteiger partial charge in [-0.1, -0.05) is 19.1 Å². The number of para-hydroxylation sites is 1. The van der Waals surface area contributed by atoms with E-state index in [0.717, 1.165) is 19.4 Å². The summed E-state index contributed by atoms with van der Waals surface area (Å²) in [6, 6.07) is 6.13. The van der Waals surface area contributed by atoms with Gasteiger partial charge in [0.2, 0.25) is 5.91 Å². The molecule has 1 saturated heterocycles. The third kappa shape index (κ3) is 3.77. The van der Waals surface area contributed by atoms with Crippen molar-refractivity contribution in [1.29, 1.82) is 0 Å². The van der Waals surface area contributed by atoms with Crippen LogP contribution >= 0.6 is 0 Å². The van der Waals surface area contributed by atoms with Crippen molar-refractivity contribution in [2.24, 2.45) is 5.41 Å². The van der Waals surface area contributed by atoms with Crippen molar-refractivity contribution in [1.82, 2.24) is 4.90 Å². The van der Waals surface area contributed by atoms with Crippen LogP contribution in [-0.2, 0) is 4.79 Å². The standard InChI is InChI=1S/C15H21FN2O2/c1-15(11-19)7-4-8-18(10-15)9-14(20)17-13-6-3-2-5-12(13)16/h2-3,5-6,19H,4,7-11H2,1H3,(H,17,20). The highest BCUT2D eigenvalue weighted by Crippen LogP contribution is 2.28. The van der Waals surface area contributed by atoms with Crippen molar-refractivity contribution in [3.63, 3.8) is 0 Å². The second-order valence-electron chi connectivity index (χ2n) is 5.81. The van der Waals surface area contributed by atoms with E-state index >= 15 is 0 Å². The number of nitrogens with zero attached hydrogens (tertiary/aromatic N) is 1. The predicted molar refractivity (Wildman–Crippen MR) is 75.9 cm³/mol. The molecule has 0 spiro atoms. The molecule has 0 aliphatic carbocycles. The summed E-state index contributed by atoms with van der Waals surface area (Å²) in [5, 5.41) is 12.0. The van der Waals surface area contributed by atoms with Crippen LogP contribution < -0.4 is 5.32 Å². The molecule has 1 aromatic carbocycles. The minimum absolute atomic E-state index is 0.123. The number of benzene rings is 1. The second-order valence-corrected chi connectivity index (χ2v) is 5.81. The van der Waals surface area contributed by atoms with Crippen LogP contribution in [0.15, 0.2) is 24.3 Å². The molecule has 20 heavy (non-hydrogen) atoms. The first-order valence-corrected chi connectivity index (χ1v) is 6.90. The molecule has 1 unspecified atom stereocenters. The summed E-state index contributed by atoms with van der Waals surface area (Å²) in [6.45, 7) is 3.89. The molecule has 1 atom stereocenters. The van der Waals surface area contributed by atoms with Crippen molar-refractivity contribution in [3.8, 4) is 0 Å². The largest absolute Gasteiger partial charge is 0.396 e. The zero-order valence-corrected chi connectivity index (χ0v) is 11.7. The van der Waals surface area contributed by atoms with Gasteiger partial charge in [0, 0.05) is 18.6 Å². The van der Waals surface area contributed by atoms with Gasteiger partial charge in [0.1, 0.15) is 5.82 Å². The fourth-order valence-electron chi connectivity index (χ4n) is 2.65. The van der Waals surface area contributed by atoms with E-state index < -0.39 is 5.82 Å². The maximum absolute atomic E-state index is 13.4. The number of hydrogen-bond donors (Lipinski definition) is 2. The molecular formula is C15H21FN2O2. The van der Waals surface area contributed by atoms with Crippen LogP contribution in [0.4, 0.5) is 10.1 Å². The van der Waals surface area contributed by atoms with Crippen LogP contribution in [0.3, 0.4) is 0 Å². The lowest BCUT2D eigenvalue weighted by molar-refractivity contribution is -0.118. The molecule has 1 fully saturated rings. The average Bonchev–Trinajstić information content (AvgIpc) is 2.41. The Hall–Kier alpha value is -1.46. The molecule has 1 amide bonds. The van der Waals surface area contributed by atoms with E-state index in [1.807, 2.05) is 11.8 Å². The number of nitrogens with one attached hydrogen (secondary N) is 1. The Morgan fingerprint density at radius 3 is 2.95 bits per heavy atom. The van der Waals surface area contributed by atoms with Crippen LogP contribution in [0.5, 0.6) is 0 Å². The Morgan fingerprint density at radius 1 is 1.50 bits per heavy atom. The molecule has 0 bridgehead atoms. The number of rotatable bonds is 4. The predicted octanol–water partition coefficient (Wildman–Crippen LogP) is 1.86. The van der Waals surface area contributed by atoms with Crippen molar-refractivity contribution in [2.75, 3.05) is 31.6 Å². The summed E-state index contributed by atoms with van der Waals surface area (Å²) < 4.78 is 13.4. The molecule has 1 aliphatic rings. The Kier molecular flexibility index (Phi) is 4.73. The Bertz CT molecular complexity index is 481. The molecule has 2 N–H and O–H groups in total. The first kappa shape index (κ1) is 14.9. The van der Waals surface area contributed by atoms with Gasteiger partial charge in [-0.3, -0.25) is 9.69 Å². The van der Waals surface area contributed by atoms with E-state index in [2.05, 4.69) is 5.32 Å². The van der Waals surface area contributed by atoms with E-state index in [4.69, 9.17) is 0 Å². The van der Waals surface area contributed by atoms with Crippen LogP contribution in [-0.4, -0.2) is 42.2 Å². The Balaban J connectivity index is 1.90. The van der Waals surface area contributed by atoms with Crippen molar-refractivity contribution in [2.45, 2.75) is 19.8 Å².